The minimum atomic E-state index is -0.177. The number of morpholine rings is 1. The van der Waals surface area contributed by atoms with E-state index >= 15 is 0 Å². The summed E-state index contributed by atoms with van der Waals surface area (Å²) in [7, 11) is 1.87. The van der Waals surface area contributed by atoms with Crippen LogP contribution < -0.4 is 15.8 Å². The third-order valence-electron chi connectivity index (χ3n) is 5.34. The molecule has 1 saturated heterocycles. The fourth-order valence-electron chi connectivity index (χ4n) is 3.77. The maximum absolute atomic E-state index is 12.5. The summed E-state index contributed by atoms with van der Waals surface area (Å²) in [4.78, 5) is 22.3. The second-order valence-electron chi connectivity index (χ2n) is 7.24. The van der Waals surface area contributed by atoms with Crippen LogP contribution in [0.2, 0.25) is 0 Å². The Balaban J connectivity index is 1.53. The lowest BCUT2D eigenvalue weighted by Crippen LogP contribution is -2.36. The Morgan fingerprint density at radius 2 is 1.90 bits per heavy atom. The number of pyridine rings is 2. The van der Waals surface area contributed by atoms with Crippen LogP contribution in [0.4, 0.5) is 17.2 Å². The smallest absolute Gasteiger partial charge is 0.259 e. The Hall–Kier alpha value is -3.65. The van der Waals surface area contributed by atoms with Crippen LogP contribution in [0.3, 0.4) is 0 Å². The molecule has 0 bridgehead atoms. The van der Waals surface area contributed by atoms with Crippen LogP contribution in [0, 0.1) is 0 Å². The van der Waals surface area contributed by atoms with Gasteiger partial charge in [-0.15, -0.1) is 0 Å². The Labute approximate surface area is 173 Å². The van der Waals surface area contributed by atoms with Crippen LogP contribution in [0.15, 0.2) is 59.7 Å². The fourth-order valence-corrected chi connectivity index (χ4v) is 3.77. The largest absolute Gasteiger partial charge is 0.378 e. The summed E-state index contributed by atoms with van der Waals surface area (Å²) in [6.07, 6.45) is 3.38. The Morgan fingerprint density at radius 1 is 1.10 bits per heavy atom. The van der Waals surface area contributed by atoms with Crippen molar-refractivity contribution >= 4 is 28.0 Å². The first kappa shape index (κ1) is 18.4. The van der Waals surface area contributed by atoms with E-state index in [-0.39, 0.29) is 5.56 Å². The molecule has 1 aliphatic rings. The molecule has 0 saturated carbocycles. The van der Waals surface area contributed by atoms with Gasteiger partial charge in [0.15, 0.2) is 0 Å². The topological polar surface area (TPSA) is 88.1 Å². The number of aromatic nitrogens is 4. The summed E-state index contributed by atoms with van der Waals surface area (Å²) in [6.45, 7) is 3.28. The van der Waals surface area contributed by atoms with Crippen LogP contribution in [0.25, 0.3) is 22.2 Å². The molecule has 1 aromatic carbocycles. The van der Waals surface area contributed by atoms with Gasteiger partial charge in [0.05, 0.1) is 30.0 Å². The molecule has 8 heteroatoms. The SMILES string of the molecule is Cn1nccc1-c1cc2cc[nH]c(=O)c2c(Nc2ccc(N3CCOCC3)cc2)n1. The monoisotopic (exact) mass is 402 g/mol. The summed E-state index contributed by atoms with van der Waals surface area (Å²) >= 11 is 0. The first-order chi connectivity index (χ1) is 14.7. The highest BCUT2D eigenvalue weighted by Gasteiger charge is 2.14. The third-order valence-corrected chi connectivity index (χ3v) is 5.34. The Kier molecular flexibility index (Phi) is 4.68. The molecule has 0 spiro atoms. The van der Waals surface area contributed by atoms with Gasteiger partial charge in [-0.25, -0.2) is 4.98 Å². The van der Waals surface area contributed by atoms with E-state index < -0.39 is 0 Å². The predicted molar refractivity (Wildman–Crippen MR) is 117 cm³/mol. The van der Waals surface area contributed by atoms with Gasteiger partial charge in [-0.05, 0) is 47.9 Å². The molecule has 152 valence electrons. The number of rotatable bonds is 4. The Bertz CT molecular complexity index is 1240. The second-order valence-corrected chi connectivity index (χ2v) is 7.24. The fraction of sp³-hybridized carbons (Fsp3) is 0.227. The number of aromatic amines is 1. The lowest BCUT2D eigenvalue weighted by atomic mass is 10.1. The van der Waals surface area contributed by atoms with Gasteiger partial charge in [0.2, 0.25) is 0 Å². The minimum Gasteiger partial charge on any atom is -0.378 e. The van der Waals surface area contributed by atoms with E-state index in [2.05, 4.69) is 32.4 Å². The van der Waals surface area contributed by atoms with Gasteiger partial charge in [0, 0.05) is 43.9 Å². The number of benzene rings is 1. The van der Waals surface area contributed by atoms with Gasteiger partial charge in [-0.2, -0.15) is 5.10 Å². The lowest BCUT2D eigenvalue weighted by Gasteiger charge is -2.28. The molecule has 0 amide bonds. The Morgan fingerprint density at radius 3 is 2.63 bits per heavy atom. The molecule has 3 aromatic heterocycles. The number of nitrogens with one attached hydrogen (secondary N) is 2. The number of nitrogens with zero attached hydrogens (tertiary/aromatic N) is 4. The van der Waals surface area contributed by atoms with E-state index in [0.717, 1.165) is 54.5 Å². The van der Waals surface area contributed by atoms with Crippen molar-refractivity contribution in [2.45, 2.75) is 0 Å². The number of hydrogen-bond acceptors (Lipinski definition) is 6. The van der Waals surface area contributed by atoms with Crippen molar-refractivity contribution in [3.05, 3.63) is 65.2 Å². The van der Waals surface area contributed by atoms with Crippen LogP contribution in [-0.4, -0.2) is 46.1 Å². The average Bonchev–Trinajstić information content (AvgIpc) is 3.21. The molecule has 0 aliphatic carbocycles. The first-order valence-electron chi connectivity index (χ1n) is 9.90. The van der Waals surface area contributed by atoms with Crippen LogP contribution in [-0.2, 0) is 11.8 Å². The second kappa shape index (κ2) is 7.64. The molecule has 0 radical (unpaired) electrons. The maximum atomic E-state index is 12.5. The van der Waals surface area contributed by atoms with E-state index in [1.807, 2.05) is 37.4 Å². The summed E-state index contributed by atoms with van der Waals surface area (Å²) in [5, 5.41) is 8.91. The average molecular weight is 402 g/mol. The van der Waals surface area contributed by atoms with Crippen molar-refractivity contribution in [3.8, 4) is 11.4 Å². The number of H-pyrrole nitrogens is 1. The quantitative estimate of drug-likeness (QED) is 0.546. The summed E-state index contributed by atoms with van der Waals surface area (Å²) < 4.78 is 7.19. The van der Waals surface area contributed by atoms with Gasteiger partial charge >= 0.3 is 0 Å². The molecular formula is C22H22N6O2. The predicted octanol–water partition coefficient (Wildman–Crippen LogP) is 2.90. The van der Waals surface area contributed by atoms with Crippen molar-refractivity contribution in [1.29, 1.82) is 0 Å². The molecule has 0 atom stereocenters. The number of ether oxygens (including phenoxy) is 1. The molecule has 0 unspecified atom stereocenters. The maximum Gasteiger partial charge on any atom is 0.259 e. The van der Waals surface area contributed by atoms with E-state index in [0.29, 0.717) is 11.2 Å². The van der Waals surface area contributed by atoms with E-state index in [9.17, 15) is 4.79 Å². The summed E-state index contributed by atoms with van der Waals surface area (Å²) in [6, 6.07) is 13.9. The van der Waals surface area contributed by atoms with E-state index in [4.69, 9.17) is 9.72 Å². The van der Waals surface area contributed by atoms with Crippen LogP contribution >= 0.6 is 0 Å². The minimum absolute atomic E-state index is 0.177. The standard InChI is InChI=1S/C22H22N6O2/c1-27-19(7-9-24-27)18-14-15-6-8-23-22(29)20(15)21(26-18)25-16-2-4-17(5-3-16)28-10-12-30-13-11-28/h2-9,14H,10-13H2,1H3,(H,23,29)(H,25,26). The highest BCUT2D eigenvalue weighted by Crippen LogP contribution is 2.28. The number of hydrogen-bond donors (Lipinski definition) is 2. The number of anilines is 3. The lowest BCUT2D eigenvalue weighted by molar-refractivity contribution is 0.122. The highest BCUT2D eigenvalue weighted by atomic mass is 16.5. The first-order valence-corrected chi connectivity index (χ1v) is 9.90. The molecule has 4 aromatic rings. The number of fused-ring (bicyclic) bond motifs is 1. The van der Waals surface area contributed by atoms with Gasteiger partial charge in [0.25, 0.3) is 5.56 Å². The van der Waals surface area contributed by atoms with Crippen molar-refractivity contribution in [1.82, 2.24) is 19.7 Å². The third kappa shape index (κ3) is 3.42. The zero-order valence-corrected chi connectivity index (χ0v) is 16.6. The van der Waals surface area contributed by atoms with Crippen LogP contribution in [0.5, 0.6) is 0 Å². The summed E-state index contributed by atoms with van der Waals surface area (Å²) in [5.74, 6) is 0.518. The van der Waals surface area contributed by atoms with Crippen LogP contribution in [0.1, 0.15) is 0 Å². The van der Waals surface area contributed by atoms with Gasteiger partial charge in [-0.1, -0.05) is 0 Å². The highest BCUT2D eigenvalue weighted by molar-refractivity contribution is 5.95. The van der Waals surface area contributed by atoms with Crippen molar-refractivity contribution in [3.63, 3.8) is 0 Å². The molecular weight excluding hydrogens is 380 g/mol. The van der Waals surface area contributed by atoms with Crippen molar-refractivity contribution in [2.24, 2.45) is 7.05 Å². The molecule has 2 N–H and O–H groups in total. The zero-order valence-electron chi connectivity index (χ0n) is 16.6. The normalized spacial score (nSPS) is 14.2. The zero-order chi connectivity index (χ0) is 20.5. The molecule has 5 rings (SSSR count). The summed E-state index contributed by atoms with van der Waals surface area (Å²) in [5.41, 5.74) is 3.47. The molecule has 8 nitrogen and oxygen atoms in total. The van der Waals surface area contributed by atoms with Crippen molar-refractivity contribution < 1.29 is 4.74 Å². The molecule has 1 aliphatic heterocycles. The van der Waals surface area contributed by atoms with E-state index in [1.165, 1.54) is 0 Å². The molecule has 1 fully saturated rings. The van der Waals surface area contributed by atoms with Gasteiger partial charge < -0.3 is 19.9 Å². The van der Waals surface area contributed by atoms with Gasteiger partial charge in [-0.3, -0.25) is 9.48 Å². The molecule has 4 heterocycles. The van der Waals surface area contributed by atoms with Gasteiger partial charge in [0.1, 0.15) is 5.82 Å². The molecule has 30 heavy (non-hydrogen) atoms. The van der Waals surface area contributed by atoms with Crippen molar-refractivity contribution in [2.75, 3.05) is 36.5 Å². The number of aryl methyl sites for hydroxylation is 1. The van der Waals surface area contributed by atoms with E-state index in [1.54, 1.807) is 17.1 Å².